The zero-order valence-electron chi connectivity index (χ0n) is 4.06. The Morgan fingerprint density at radius 3 is 2.50 bits per heavy atom. The van der Waals surface area contributed by atoms with E-state index in [9.17, 15) is 0 Å². The third-order valence-corrected chi connectivity index (χ3v) is 0.371. The van der Waals surface area contributed by atoms with Gasteiger partial charge in [-0.1, -0.05) is 0 Å². The van der Waals surface area contributed by atoms with E-state index in [1.807, 2.05) is 7.05 Å². The van der Waals surface area contributed by atoms with E-state index >= 15 is 0 Å². The van der Waals surface area contributed by atoms with E-state index in [1.54, 1.807) is 19.6 Å². The summed E-state index contributed by atoms with van der Waals surface area (Å²) < 4.78 is 4.54. The Morgan fingerprint density at radius 1 is 1.67 bits per heavy atom. The van der Waals surface area contributed by atoms with Gasteiger partial charge in [-0.05, 0) is 0 Å². The van der Waals surface area contributed by atoms with Crippen molar-refractivity contribution in [2.24, 2.45) is 0 Å². The highest BCUT2D eigenvalue weighted by Crippen LogP contribution is 1.61. The lowest BCUT2D eigenvalue weighted by Gasteiger charge is -1.83. The Hall–Kier alpha value is -0.660. The SMILES string of the molecule is CN/C=C\OC. The van der Waals surface area contributed by atoms with Gasteiger partial charge in [0.05, 0.1) is 13.4 Å². The first-order valence-corrected chi connectivity index (χ1v) is 1.77. The zero-order valence-corrected chi connectivity index (χ0v) is 4.06. The van der Waals surface area contributed by atoms with Crippen molar-refractivity contribution in [3.8, 4) is 0 Å². The van der Waals surface area contributed by atoms with Crippen LogP contribution < -0.4 is 5.32 Å². The average molecular weight is 87.1 g/mol. The van der Waals surface area contributed by atoms with Crippen LogP contribution in [0.4, 0.5) is 0 Å². The summed E-state index contributed by atoms with van der Waals surface area (Å²) in [6.45, 7) is 0. The van der Waals surface area contributed by atoms with E-state index < -0.39 is 0 Å². The minimum atomic E-state index is 1.57. The highest BCUT2D eigenvalue weighted by Gasteiger charge is 1.54. The van der Waals surface area contributed by atoms with E-state index in [0.717, 1.165) is 0 Å². The van der Waals surface area contributed by atoms with Crippen LogP contribution in [0.2, 0.25) is 0 Å². The van der Waals surface area contributed by atoms with Gasteiger partial charge in [0.1, 0.15) is 0 Å². The lowest BCUT2D eigenvalue weighted by Crippen LogP contribution is -1.90. The molecule has 0 aromatic carbocycles. The quantitative estimate of drug-likeness (QED) is 0.490. The molecule has 0 aliphatic heterocycles. The van der Waals surface area contributed by atoms with Crippen molar-refractivity contribution in [2.75, 3.05) is 14.2 Å². The normalized spacial score (nSPS) is 9.00. The van der Waals surface area contributed by atoms with Crippen LogP contribution in [0.1, 0.15) is 0 Å². The van der Waals surface area contributed by atoms with Crippen LogP contribution in [-0.2, 0) is 4.74 Å². The summed E-state index contributed by atoms with van der Waals surface area (Å²) in [6.07, 6.45) is 3.28. The molecule has 0 aliphatic carbocycles. The molecule has 6 heavy (non-hydrogen) atoms. The minimum absolute atomic E-state index is 1.57. The van der Waals surface area contributed by atoms with E-state index in [0.29, 0.717) is 0 Å². The lowest BCUT2D eigenvalue weighted by atomic mass is 10.9. The number of methoxy groups -OCH3 is 1. The third-order valence-electron chi connectivity index (χ3n) is 0.371. The number of hydrogen-bond donors (Lipinski definition) is 1. The van der Waals surface area contributed by atoms with Gasteiger partial charge in [0.2, 0.25) is 0 Å². The van der Waals surface area contributed by atoms with Gasteiger partial charge in [-0.3, -0.25) is 0 Å². The van der Waals surface area contributed by atoms with Crippen LogP contribution in [0.15, 0.2) is 12.5 Å². The molecule has 0 aliphatic rings. The Bertz CT molecular complexity index is 36.8. The summed E-state index contributed by atoms with van der Waals surface area (Å²) in [5.41, 5.74) is 0. The number of hydrogen-bond acceptors (Lipinski definition) is 2. The summed E-state index contributed by atoms with van der Waals surface area (Å²) in [5.74, 6) is 0. The highest BCUT2D eigenvalue weighted by atomic mass is 16.5. The highest BCUT2D eigenvalue weighted by molar-refractivity contribution is 4.65. The van der Waals surface area contributed by atoms with Gasteiger partial charge in [0, 0.05) is 13.2 Å². The van der Waals surface area contributed by atoms with Gasteiger partial charge in [-0.15, -0.1) is 0 Å². The molecule has 0 spiro atoms. The number of ether oxygens (including phenoxy) is 1. The van der Waals surface area contributed by atoms with Crippen molar-refractivity contribution in [2.45, 2.75) is 0 Å². The largest absolute Gasteiger partial charge is 0.503 e. The molecule has 0 amide bonds. The van der Waals surface area contributed by atoms with Gasteiger partial charge in [0.15, 0.2) is 0 Å². The second-order valence-corrected chi connectivity index (χ2v) is 0.827. The van der Waals surface area contributed by atoms with Crippen molar-refractivity contribution in [1.29, 1.82) is 0 Å². The summed E-state index contributed by atoms with van der Waals surface area (Å²) >= 11 is 0. The van der Waals surface area contributed by atoms with E-state index in [-0.39, 0.29) is 0 Å². The predicted octanol–water partition coefficient (Wildman–Crippen LogP) is 0.323. The standard InChI is InChI=1S/C4H9NO/c1-5-3-4-6-2/h3-5H,1-2H3/b4-3-. The molecule has 2 heteroatoms. The van der Waals surface area contributed by atoms with Crippen molar-refractivity contribution in [3.05, 3.63) is 12.5 Å². The first-order valence-electron chi connectivity index (χ1n) is 1.77. The second-order valence-electron chi connectivity index (χ2n) is 0.827. The molecule has 0 atom stereocenters. The molecular weight excluding hydrogens is 78.0 g/mol. The molecule has 0 aromatic rings. The van der Waals surface area contributed by atoms with Crippen molar-refractivity contribution >= 4 is 0 Å². The minimum Gasteiger partial charge on any atom is -0.503 e. The van der Waals surface area contributed by atoms with Crippen molar-refractivity contribution < 1.29 is 4.74 Å². The van der Waals surface area contributed by atoms with Crippen LogP contribution in [-0.4, -0.2) is 14.2 Å². The van der Waals surface area contributed by atoms with Crippen LogP contribution in [0, 0.1) is 0 Å². The summed E-state index contributed by atoms with van der Waals surface area (Å²) in [7, 11) is 3.42. The fraction of sp³-hybridized carbons (Fsp3) is 0.500. The summed E-state index contributed by atoms with van der Waals surface area (Å²) in [4.78, 5) is 0. The van der Waals surface area contributed by atoms with Crippen LogP contribution >= 0.6 is 0 Å². The molecule has 1 N–H and O–H groups in total. The second kappa shape index (κ2) is 4.34. The number of rotatable bonds is 2. The Balaban J connectivity index is 2.73. The summed E-state index contributed by atoms with van der Waals surface area (Å²) in [5, 5.41) is 2.76. The fourth-order valence-corrected chi connectivity index (χ4v) is 0.136. The molecule has 0 heterocycles. The maximum Gasteiger partial charge on any atom is 0.0981 e. The molecule has 0 aromatic heterocycles. The molecule has 0 radical (unpaired) electrons. The predicted molar refractivity (Wildman–Crippen MR) is 25.2 cm³/mol. The Morgan fingerprint density at radius 2 is 2.33 bits per heavy atom. The fourth-order valence-electron chi connectivity index (χ4n) is 0.136. The van der Waals surface area contributed by atoms with Crippen LogP contribution in [0.3, 0.4) is 0 Å². The van der Waals surface area contributed by atoms with Gasteiger partial charge in [-0.25, -0.2) is 0 Å². The number of nitrogens with one attached hydrogen (secondary N) is 1. The van der Waals surface area contributed by atoms with Crippen LogP contribution in [0.25, 0.3) is 0 Å². The van der Waals surface area contributed by atoms with Crippen molar-refractivity contribution in [3.63, 3.8) is 0 Å². The topological polar surface area (TPSA) is 21.3 Å². The average Bonchev–Trinajstić information content (AvgIpc) is 1.61. The van der Waals surface area contributed by atoms with E-state index in [2.05, 4.69) is 10.1 Å². The van der Waals surface area contributed by atoms with Gasteiger partial charge < -0.3 is 10.1 Å². The molecule has 0 fully saturated rings. The maximum absolute atomic E-state index is 4.54. The smallest absolute Gasteiger partial charge is 0.0981 e. The van der Waals surface area contributed by atoms with Crippen molar-refractivity contribution in [1.82, 2.24) is 5.32 Å². The molecule has 0 unspecified atom stereocenters. The van der Waals surface area contributed by atoms with E-state index in [1.165, 1.54) is 0 Å². The maximum atomic E-state index is 4.54. The van der Waals surface area contributed by atoms with Gasteiger partial charge >= 0.3 is 0 Å². The molecule has 2 nitrogen and oxygen atoms in total. The Kier molecular flexibility index (Phi) is 3.86. The van der Waals surface area contributed by atoms with Crippen LogP contribution in [0.5, 0.6) is 0 Å². The first-order chi connectivity index (χ1) is 2.91. The molecule has 36 valence electrons. The van der Waals surface area contributed by atoms with E-state index in [4.69, 9.17) is 0 Å². The van der Waals surface area contributed by atoms with Gasteiger partial charge in [-0.2, -0.15) is 0 Å². The zero-order chi connectivity index (χ0) is 4.83. The molecule has 0 saturated carbocycles. The molecule has 0 bridgehead atoms. The Labute approximate surface area is 37.8 Å². The third kappa shape index (κ3) is 3.34. The molecule has 0 rings (SSSR count). The summed E-state index contributed by atoms with van der Waals surface area (Å²) in [6, 6.07) is 0. The molecule has 0 saturated heterocycles. The lowest BCUT2D eigenvalue weighted by molar-refractivity contribution is 0.336. The van der Waals surface area contributed by atoms with Gasteiger partial charge in [0.25, 0.3) is 0 Å². The first kappa shape index (κ1) is 5.34. The molecular formula is C4H9NO. The monoisotopic (exact) mass is 87.1 g/mol.